The number of fused-ring (bicyclic) bond motifs is 1. The molecular weight excluding hydrogens is 383 g/mol. The van der Waals surface area contributed by atoms with Crippen molar-refractivity contribution in [2.24, 2.45) is 5.92 Å². The lowest BCUT2D eigenvalue weighted by molar-refractivity contribution is -0.162. The highest BCUT2D eigenvalue weighted by molar-refractivity contribution is 5.80. The van der Waals surface area contributed by atoms with E-state index in [1.807, 2.05) is 0 Å². The number of carbonyl (C=O) groups is 2. The summed E-state index contributed by atoms with van der Waals surface area (Å²) in [7, 11) is 0. The van der Waals surface area contributed by atoms with Gasteiger partial charge in [0.05, 0.1) is 5.92 Å². The van der Waals surface area contributed by atoms with Crippen LogP contribution in [0.15, 0.2) is 39.5 Å². The number of piperidine rings is 1. The molecule has 3 rings (SSSR count). The molecule has 0 bridgehead atoms. The summed E-state index contributed by atoms with van der Waals surface area (Å²) in [5.74, 6) is -0.829. The zero-order valence-corrected chi connectivity index (χ0v) is 14.5. The van der Waals surface area contributed by atoms with E-state index in [1.54, 1.807) is 18.2 Å². The first-order valence-electron chi connectivity index (χ1n) is 8.45. The van der Waals surface area contributed by atoms with Gasteiger partial charge in [0, 0.05) is 30.6 Å². The molecule has 1 saturated heterocycles. The third kappa shape index (κ3) is 5.02. The predicted molar refractivity (Wildman–Crippen MR) is 89.8 cm³/mol. The number of esters is 1. The standard InChI is InChI=1S/C18H16F3NO6/c19-18(20,21)10-26-17(25)22-7-5-12(6-8-22)16(24)27-13-3-1-11-2-4-15(23)28-14(11)9-13/h1-4,9,12H,5-8,10H2. The number of nitrogens with zero attached hydrogens (tertiary/aromatic N) is 1. The maximum Gasteiger partial charge on any atom is 0.422 e. The molecule has 1 aromatic carbocycles. The van der Waals surface area contributed by atoms with Gasteiger partial charge in [-0.3, -0.25) is 4.79 Å². The number of halogens is 3. The average molecular weight is 399 g/mol. The van der Waals surface area contributed by atoms with Crippen molar-refractivity contribution < 1.29 is 36.7 Å². The first kappa shape index (κ1) is 19.7. The van der Waals surface area contributed by atoms with Crippen LogP contribution in [0.2, 0.25) is 0 Å². The molecule has 0 radical (unpaired) electrons. The van der Waals surface area contributed by atoms with E-state index in [4.69, 9.17) is 9.15 Å². The minimum atomic E-state index is -4.59. The molecule has 2 aromatic rings. The number of rotatable bonds is 3. The number of carbonyl (C=O) groups excluding carboxylic acids is 2. The summed E-state index contributed by atoms with van der Waals surface area (Å²) in [5, 5.41) is 0.671. The van der Waals surface area contributed by atoms with Crippen molar-refractivity contribution in [2.45, 2.75) is 19.0 Å². The Hall–Kier alpha value is -3.04. The van der Waals surface area contributed by atoms with Crippen LogP contribution in [0.3, 0.4) is 0 Å². The SMILES string of the molecule is O=C(Oc1ccc2ccc(=O)oc2c1)C1CCN(C(=O)OCC(F)(F)F)CC1. The van der Waals surface area contributed by atoms with Crippen molar-refractivity contribution in [3.8, 4) is 5.75 Å². The van der Waals surface area contributed by atoms with E-state index in [2.05, 4.69) is 4.74 Å². The highest BCUT2D eigenvalue weighted by Gasteiger charge is 2.33. The van der Waals surface area contributed by atoms with Crippen LogP contribution in [-0.4, -0.2) is 42.8 Å². The molecule has 1 fully saturated rings. The summed E-state index contributed by atoms with van der Waals surface area (Å²) >= 11 is 0. The van der Waals surface area contributed by atoms with Gasteiger partial charge < -0.3 is 18.8 Å². The Morgan fingerprint density at radius 2 is 1.82 bits per heavy atom. The van der Waals surface area contributed by atoms with Crippen molar-refractivity contribution in [2.75, 3.05) is 19.7 Å². The zero-order chi connectivity index (χ0) is 20.3. The van der Waals surface area contributed by atoms with Gasteiger partial charge in [0.2, 0.25) is 0 Å². The first-order valence-corrected chi connectivity index (χ1v) is 8.45. The minimum Gasteiger partial charge on any atom is -0.440 e. The van der Waals surface area contributed by atoms with Gasteiger partial charge >= 0.3 is 23.9 Å². The van der Waals surface area contributed by atoms with Gasteiger partial charge in [-0.25, -0.2) is 9.59 Å². The molecule has 28 heavy (non-hydrogen) atoms. The fraction of sp³-hybridized carbons (Fsp3) is 0.389. The van der Waals surface area contributed by atoms with Crippen LogP contribution in [0.25, 0.3) is 11.0 Å². The van der Waals surface area contributed by atoms with Crippen molar-refractivity contribution in [3.63, 3.8) is 0 Å². The van der Waals surface area contributed by atoms with E-state index in [9.17, 15) is 27.6 Å². The van der Waals surface area contributed by atoms with Crippen molar-refractivity contribution in [1.29, 1.82) is 0 Å². The number of hydrogen-bond donors (Lipinski definition) is 0. The summed E-state index contributed by atoms with van der Waals surface area (Å²) < 4.78 is 50.8. The highest BCUT2D eigenvalue weighted by atomic mass is 19.4. The molecule has 2 heterocycles. The first-order chi connectivity index (χ1) is 13.2. The Bertz CT molecular complexity index is 931. The third-order valence-electron chi connectivity index (χ3n) is 4.26. The van der Waals surface area contributed by atoms with E-state index in [0.717, 1.165) is 4.90 Å². The molecular formula is C18H16F3NO6. The smallest absolute Gasteiger partial charge is 0.422 e. The van der Waals surface area contributed by atoms with Crippen LogP contribution >= 0.6 is 0 Å². The third-order valence-corrected chi connectivity index (χ3v) is 4.26. The lowest BCUT2D eigenvalue weighted by Crippen LogP contribution is -2.42. The molecule has 10 heteroatoms. The molecule has 7 nitrogen and oxygen atoms in total. The van der Waals surface area contributed by atoms with Gasteiger partial charge in [-0.2, -0.15) is 13.2 Å². The molecule has 0 aliphatic carbocycles. The van der Waals surface area contributed by atoms with Gasteiger partial charge in [-0.1, -0.05) is 0 Å². The normalized spacial score (nSPS) is 15.5. The number of likely N-dealkylation sites (tertiary alicyclic amines) is 1. The molecule has 0 unspecified atom stereocenters. The van der Waals surface area contributed by atoms with Gasteiger partial charge in [0.15, 0.2) is 6.61 Å². The van der Waals surface area contributed by atoms with Crippen LogP contribution in [0.1, 0.15) is 12.8 Å². The monoisotopic (exact) mass is 399 g/mol. The lowest BCUT2D eigenvalue weighted by atomic mass is 9.97. The number of ether oxygens (including phenoxy) is 2. The second kappa shape index (κ2) is 7.91. The second-order valence-electron chi connectivity index (χ2n) is 6.31. The van der Waals surface area contributed by atoms with E-state index >= 15 is 0 Å². The van der Waals surface area contributed by atoms with Gasteiger partial charge in [0.1, 0.15) is 11.3 Å². The van der Waals surface area contributed by atoms with Crippen LogP contribution < -0.4 is 10.4 Å². The molecule has 0 spiro atoms. The summed E-state index contributed by atoms with van der Waals surface area (Å²) in [4.78, 5) is 36.3. The number of benzene rings is 1. The van der Waals surface area contributed by atoms with Crippen LogP contribution in [-0.2, 0) is 9.53 Å². The summed E-state index contributed by atoms with van der Waals surface area (Å²) in [6, 6.07) is 7.49. The Morgan fingerprint density at radius 1 is 1.14 bits per heavy atom. The molecule has 1 amide bonds. The highest BCUT2D eigenvalue weighted by Crippen LogP contribution is 2.24. The van der Waals surface area contributed by atoms with Gasteiger partial charge in [-0.05, 0) is 31.0 Å². The Labute approximate surface area is 156 Å². The summed E-state index contributed by atoms with van der Waals surface area (Å²) in [6.45, 7) is -1.47. The maximum atomic E-state index is 12.3. The predicted octanol–water partition coefficient (Wildman–Crippen LogP) is 3.11. The van der Waals surface area contributed by atoms with Crippen LogP contribution in [0.5, 0.6) is 5.75 Å². The fourth-order valence-corrected chi connectivity index (χ4v) is 2.84. The van der Waals surface area contributed by atoms with Crippen molar-refractivity contribution in [3.05, 3.63) is 40.8 Å². The Kier molecular flexibility index (Phi) is 5.57. The van der Waals surface area contributed by atoms with Crippen molar-refractivity contribution >= 4 is 23.0 Å². The van der Waals surface area contributed by atoms with E-state index in [-0.39, 0.29) is 37.3 Å². The fourth-order valence-electron chi connectivity index (χ4n) is 2.84. The van der Waals surface area contributed by atoms with Gasteiger partial charge in [-0.15, -0.1) is 0 Å². The Morgan fingerprint density at radius 3 is 2.50 bits per heavy atom. The summed E-state index contributed by atoms with van der Waals surface area (Å²) in [6.07, 6.45) is -5.17. The quantitative estimate of drug-likeness (QED) is 0.448. The van der Waals surface area contributed by atoms with E-state index < -0.39 is 36.4 Å². The van der Waals surface area contributed by atoms with Crippen LogP contribution in [0.4, 0.5) is 18.0 Å². The molecule has 1 aromatic heterocycles. The molecule has 0 atom stereocenters. The van der Waals surface area contributed by atoms with Gasteiger partial charge in [0.25, 0.3) is 0 Å². The number of alkyl halides is 3. The maximum absolute atomic E-state index is 12.3. The summed E-state index contributed by atoms with van der Waals surface area (Å²) in [5.41, 5.74) is -0.249. The van der Waals surface area contributed by atoms with E-state index in [1.165, 1.54) is 12.1 Å². The molecule has 0 N–H and O–H groups in total. The zero-order valence-electron chi connectivity index (χ0n) is 14.5. The molecule has 0 saturated carbocycles. The van der Waals surface area contributed by atoms with E-state index in [0.29, 0.717) is 5.39 Å². The number of amides is 1. The minimum absolute atomic E-state index is 0.0864. The second-order valence-corrected chi connectivity index (χ2v) is 6.31. The Balaban J connectivity index is 1.54. The van der Waals surface area contributed by atoms with Crippen LogP contribution in [0, 0.1) is 5.92 Å². The largest absolute Gasteiger partial charge is 0.440 e. The molecule has 1 aliphatic rings. The van der Waals surface area contributed by atoms with Crippen molar-refractivity contribution in [1.82, 2.24) is 4.90 Å². The lowest BCUT2D eigenvalue weighted by Gasteiger charge is -2.30. The molecule has 150 valence electrons. The average Bonchev–Trinajstić information content (AvgIpc) is 2.65. The molecule has 1 aliphatic heterocycles. The topological polar surface area (TPSA) is 86.1 Å². The number of hydrogen-bond acceptors (Lipinski definition) is 6.